The Bertz CT molecular complexity index is 461. The van der Waals surface area contributed by atoms with Gasteiger partial charge in [0.2, 0.25) is 10.0 Å². The van der Waals surface area contributed by atoms with E-state index in [1.807, 2.05) is 0 Å². The lowest BCUT2D eigenvalue weighted by molar-refractivity contribution is 0.320. The molecule has 2 N–H and O–H groups in total. The average molecular weight is 310 g/mol. The minimum absolute atomic E-state index is 0.338. The first-order chi connectivity index (χ1) is 7.48. The molecule has 0 radical (unpaired) electrons. The van der Waals surface area contributed by atoms with Gasteiger partial charge in [-0.25, -0.2) is 8.42 Å². The van der Waals surface area contributed by atoms with Gasteiger partial charge in [-0.05, 0) is 18.2 Å². The predicted molar refractivity (Wildman–Crippen MR) is 65.2 cm³/mol. The number of hydrogen-bond donors (Lipinski definition) is 2. The summed E-state index contributed by atoms with van der Waals surface area (Å²) < 4.78 is 31.0. The molecular weight excluding hydrogens is 298 g/mol. The molecule has 0 aliphatic heterocycles. The maximum Gasteiger partial charge on any atom is 0.235 e. The van der Waals surface area contributed by atoms with Gasteiger partial charge in [0, 0.05) is 4.47 Å². The van der Waals surface area contributed by atoms with E-state index < -0.39 is 16.6 Å². The smallest absolute Gasteiger partial charge is 0.235 e. The van der Waals surface area contributed by atoms with Gasteiger partial charge in [-0.2, -0.15) is 0 Å². The Labute approximate surface area is 103 Å². The van der Waals surface area contributed by atoms with Crippen LogP contribution in [0, 0.1) is 0 Å². The molecule has 90 valence electrons. The van der Waals surface area contributed by atoms with Crippen molar-refractivity contribution >= 4 is 31.6 Å². The van der Waals surface area contributed by atoms with Crippen LogP contribution in [0.2, 0.25) is 0 Å². The molecule has 1 aromatic carbocycles. The average Bonchev–Trinajstić information content (AvgIpc) is 2.17. The fraction of sp³-hybridized carbons (Fsp3) is 0.333. The second kappa shape index (κ2) is 5.51. The van der Waals surface area contributed by atoms with Crippen LogP contribution in [0.25, 0.3) is 0 Å². The quantitative estimate of drug-likeness (QED) is 0.857. The monoisotopic (exact) mass is 309 g/mol. The molecule has 0 heterocycles. The summed E-state index contributed by atoms with van der Waals surface area (Å²) in [6.07, 6.45) is 0. The molecular formula is C9H12BrNO4S. The first-order valence-corrected chi connectivity index (χ1v) is 6.88. The lowest BCUT2D eigenvalue weighted by atomic mass is 10.3. The summed E-state index contributed by atoms with van der Waals surface area (Å²) in [5, 5.41) is 8.60. The lowest BCUT2D eigenvalue weighted by Crippen LogP contribution is -2.19. The fourth-order valence-corrected chi connectivity index (χ4v) is 2.30. The highest BCUT2D eigenvalue weighted by Crippen LogP contribution is 2.28. The van der Waals surface area contributed by atoms with Crippen molar-refractivity contribution in [2.24, 2.45) is 0 Å². The molecule has 1 aromatic rings. The highest BCUT2D eigenvalue weighted by atomic mass is 79.9. The van der Waals surface area contributed by atoms with E-state index in [0.717, 1.165) is 4.47 Å². The van der Waals surface area contributed by atoms with Gasteiger partial charge < -0.3 is 9.84 Å². The minimum atomic E-state index is -3.53. The molecule has 0 bridgehead atoms. The van der Waals surface area contributed by atoms with Crippen molar-refractivity contribution in [1.29, 1.82) is 0 Å². The normalized spacial score (nSPS) is 11.2. The van der Waals surface area contributed by atoms with E-state index in [-0.39, 0.29) is 5.75 Å². The Hall–Kier alpha value is -0.790. The molecule has 0 amide bonds. The summed E-state index contributed by atoms with van der Waals surface area (Å²) in [7, 11) is -2.08. The van der Waals surface area contributed by atoms with Crippen molar-refractivity contribution in [3.8, 4) is 5.75 Å². The Morgan fingerprint density at radius 1 is 1.50 bits per heavy atom. The van der Waals surface area contributed by atoms with Crippen LogP contribution in [0.3, 0.4) is 0 Å². The molecule has 0 aliphatic carbocycles. The van der Waals surface area contributed by atoms with Gasteiger partial charge in [0.15, 0.2) is 0 Å². The standard InChI is InChI=1S/C9H12BrNO4S/c1-15-9-3-2-7(10)6-8(9)11-16(13,14)5-4-12/h2-3,6,11-12H,4-5H2,1H3. The molecule has 0 unspecified atom stereocenters. The van der Waals surface area contributed by atoms with E-state index in [0.29, 0.717) is 11.4 Å². The van der Waals surface area contributed by atoms with Crippen molar-refractivity contribution in [3.63, 3.8) is 0 Å². The summed E-state index contributed by atoms with van der Waals surface area (Å²) >= 11 is 3.23. The molecule has 0 fully saturated rings. The molecule has 0 atom stereocenters. The number of hydrogen-bond acceptors (Lipinski definition) is 4. The topological polar surface area (TPSA) is 75.6 Å². The maximum absolute atomic E-state index is 11.4. The molecule has 0 aromatic heterocycles. The van der Waals surface area contributed by atoms with E-state index in [1.165, 1.54) is 7.11 Å². The number of rotatable bonds is 5. The first-order valence-electron chi connectivity index (χ1n) is 4.43. The second-order valence-corrected chi connectivity index (χ2v) is 5.75. The zero-order valence-corrected chi connectivity index (χ0v) is 11.0. The number of nitrogens with one attached hydrogen (secondary N) is 1. The van der Waals surface area contributed by atoms with Crippen LogP contribution in [0.15, 0.2) is 22.7 Å². The third kappa shape index (κ3) is 3.66. The van der Waals surface area contributed by atoms with Crippen molar-refractivity contribution in [3.05, 3.63) is 22.7 Å². The van der Waals surface area contributed by atoms with Crippen LogP contribution < -0.4 is 9.46 Å². The lowest BCUT2D eigenvalue weighted by Gasteiger charge is -2.11. The van der Waals surface area contributed by atoms with Gasteiger partial charge in [-0.3, -0.25) is 4.72 Å². The molecule has 7 heteroatoms. The van der Waals surface area contributed by atoms with Crippen molar-refractivity contribution in [2.45, 2.75) is 0 Å². The van der Waals surface area contributed by atoms with Gasteiger partial charge >= 0.3 is 0 Å². The SMILES string of the molecule is COc1ccc(Br)cc1NS(=O)(=O)CCO. The van der Waals surface area contributed by atoms with Gasteiger partial charge in [-0.1, -0.05) is 15.9 Å². The van der Waals surface area contributed by atoms with Crippen LogP contribution in [0.1, 0.15) is 0 Å². The Balaban J connectivity index is 3.00. The van der Waals surface area contributed by atoms with Crippen molar-refractivity contribution in [1.82, 2.24) is 0 Å². The molecule has 0 saturated heterocycles. The van der Waals surface area contributed by atoms with E-state index in [1.54, 1.807) is 18.2 Å². The number of benzene rings is 1. The van der Waals surface area contributed by atoms with Gasteiger partial charge in [0.25, 0.3) is 0 Å². The zero-order valence-electron chi connectivity index (χ0n) is 8.60. The number of sulfonamides is 1. The molecule has 1 rings (SSSR count). The second-order valence-electron chi connectivity index (χ2n) is 2.99. The van der Waals surface area contributed by atoms with Gasteiger partial charge in [-0.15, -0.1) is 0 Å². The van der Waals surface area contributed by atoms with E-state index in [9.17, 15) is 8.42 Å². The Kier molecular flexibility index (Phi) is 4.57. The Morgan fingerprint density at radius 2 is 2.19 bits per heavy atom. The van der Waals surface area contributed by atoms with Crippen LogP contribution >= 0.6 is 15.9 Å². The van der Waals surface area contributed by atoms with Gasteiger partial charge in [0.1, 0.15) is 5.75 Å². The zero-order chi connectivity index (χ0) is 12.2. The summed E-state index contributed by atoms with van der Waals surface area (Å²) in [5.41, 5.74) is 0.338. The number of ether oxygens (including phenoxy) is 1. The fourth-order valence-electron chi connectivity index (χ4n) is 1.10. The van der Waals surface area contributed by atoms with Crippen LogP contribution in [0.5, 0.6) is 5.75 Å². The van der Waals surface area contributed by atoms with E-state index in [2.05, 4.69) is 20.7 Å². The van der Waals surface area contributed by atoms with Gasteiger partial charge in [0.05, 0.1) is 25.2 Å². The number of anilines is 1. The summed E-state index contributed by atoms with van der Waals surface area (Å²) in [6, 6.07) is 4.97. The maximum atomic E-state index is 11.4. The Morgan fingerprint density at radius 3 is 2.75 bits per heavy atom. The number of methoxy groups -OCH3 is 1. The predicted octanol–water partition coefficient (Wildman–Crippen LogP) is 1.19. The van der Waals surface area contributed by atoms with E-state index >= 15 is 0 Å². The molecule has 0 spiro atoms. The molecule has 5 nitrogen and oxygen atoms in total. The van der Waals surface area contributed by atoms with E-state index in [4.69, 9.17) is 9.84 Å². The molecule has 0 aliphatic rings. The number of aliphatic hydroxyl groups is 1. The number of halogens is 1. The number of aliphatic hydroxyl groups excluding tert-OH is 1. The molecule has 0 saturated carbocycles. The van der Waals surface area contributed by atoms with Crippen molar-refractivity contribution in [2.75, 3.05) is 24.2 Å². The van der Waals surface area contributed by atoms with Crippen LogP contribution in [0.4, 0.5) is 5.69 Å². The van der Waals surface area contributed by atoms with Crippen LogP contribution in [-0.4, -0.2) is 33.0 Å². The summed E-state index contributed by atoms with van der Waals surface area (Å²) in [6.45, 7) is -0.425. The van der Waals surface area contributed by atoms with Crippen molar-refractivity contribution < 1.29 is 18.3 Å². The third-order valence-electron chi connectivity index (χ3n) is 1.79. The highest BCUT2D eigenvalue weighted by Gasteiger charge is 2.12. The highest BCUT2D eigenvalue weighted by molar-refractivity contribution is 9.10. The largest absolute Gasteiger partial charge is 0.495 e. The molecule has 16 heavy (non-hydrogen) atoms. The summed E-state index contributed by atoms with van der Waals surface area (Å²) in [5.74, 6) is 0.0765. The summed E-state index contributed by atoms with van der Waals surface area (Å²) in [4.78, 5) is 0. The minimum Gasteiger partial charge on any atom is -0.495 e. The third-order valence-corrected chi connectivity index (χ3v) is 3.53. The first kappa shape index (κ1) is 13.3. The van der Waals surface area contributed by atoms with Crippen LogP contribution in [-0.2, 0) is 10.0 Å².